The van der Waals surface area contributed by atoms with Crippen LogP contribution in [0, 0.1) is 10.1 Å². The van der Waals surface area contributed by atoms with Gasteiger partial charge in [-0.05, 0) is 24.1 Å². The third kappa shape index (κ3) is 7.09. The molecule has 0 aromatic heterocycles. The molecule has 0 atom stereocenters. The monoisotopic (exact) mass is 428 g/mol. The lowest BCUT2D eigenvalue weighted by Crippen LogP contribution is -2.09. The molecule has 2 aromatic carbocycles. The number of ether oxygens (including phenoxy) is 1. The highest BCUT2D eigenvalue weighted by Gasteiger charge is 2.21. The molecule has 0 fully saturated rings. The van der Waals surface area contributed by atoms with Gasteiger partial charge in [0.2, 0.25) is 5.91 Å². The Morgan fingerprint density at radius 2 is 1.71 bits per heavy atom. The number of hydrogen-bond donors (Lipinski definition) is 2. The highest BCUT2D eigenvalue weighted by molar-refractivity contribution is 5.96. The summed E-state index contributed by atoms with van der Waals surface area (Å²) in [6, 6.07) is 8.71. The van der Waals surface area contributed by atoms with Crippen LogP contribution in [0.5, 0.6) is 5.75 Å². The molecule has 0 aliphatic heterocycles. The maximum atomic E-state index is 11.7. The molecular formula is C23H28N2O6. The van der Waals surface area contributed by atoms with E-state index in [2.05, 4.69) is 12.2 Å². The van der Waals surface area contributed by atoms with E-state index in [-0.39, 0.29) is 22.9 Å². The number of amides is 1. The number of anilines is 1. The first-order valence-corrected chi connectivity index (χ1v) is 10.4. The molecule has 166 valence electrons. The van der Waals surface area contributed by atoms with Crippen molar-refractivity contribution in [3.05, 3.63) is 52.1 Å². The molecule has 0 bridgehead atoms. The maximum absolute atomic E-state index is 11.7. The number of nitrogens with one attached hydrogen (secondary N) is 1. The zero-order chi connectivity index (χ0) is 22.8. The van der Waals surface area contributed by atoms with E-state index in [1.807, 2.05) is 0 Å². The molecule has 31 heavy (non-hydrogen) atoms. The van der Waals surface area contributed by atoms with Gasteiger partial charge in [0, 0.05) is 24.6 Å². The predicted octanol–water partition coefficient (Wildman–Crippen LogP) is 5.66. The Labute approximate surface area is 181 Å². The number of carboxylic acid groups (broad SMARTS) is 1. The van der Waals surface area contributed by atoms with E-state index < -0.39 is 10.9 Å². The SMILES string of the molecule is CCCCCCCCOc1cc(NC(C)=O)c(-c2ccc(C(=O)O)cc2)cc1[N+](=O)[O-]. The molecule has 2 rings (SSSR count). The van der Waals surface area contributed by atoms with Crippen LogP contribution in [0.4, 0.5) is 11.4 Å². The van der Waals surface area contributed by atoms with Crippen LogP contribution >= 0.6 is 0 Å². The predicted molar refractivity (Wildman–Crippen MR) is 119 cm³/mol. The lowest BCUT2D eigenvalue weighted by Gasteiger charge is -2.14. The maximum Gasteiger partial charge on any atom is 0.335 e. The summed E-state index contributed by atoms with van der Waals surface area (Å²) >= 11 is 0. The molecule has 0 aliphatic rings. The number of carbonyl (C=O) groups excluding carboxylic acids is 1. The fourth-order valence-corrected chi connectivity index (χ4v) is 3.22. The molecule has 0 saturated heterocycles. The van der Waals surface area contributed by atoms with Crippen molar-refractivity contribution in [2.45, 2.75) is 52.4 Å². The average molecular weight is 428 g/mol. The lowest BCUT2D eigenvalue weighted by molar-refractivity contribution is -0.385. The Morgan fingerprint density at radius 3 is 2.29 bits per heavy atom. The minimum Gasteiger partial charge on any atom is -0.487 e. The van der Waals surface area contributed by atoms with Crippen molar-refractivity contribution in [2.24, 2.45) is 0 Å². The lowest BCUT2D eigenvalue weighted by atomic mass is 10.0. The van der Waals surface area contributed by atoms with E-state index in [1.165, 1.54) is 50.5 Å². The first-order chi connectivity index (χ1) is 14.8. The van der Waals surface area contributed by atoms with Crippen LogP contribution in [-0.2, 0) is 4.79 Å². The molecule has 2 N–H and O–H groups in total. The fraction of sp³-hybridized carbons (Fsp3) is 0.391. The van der Waals surface area contributed by atoms with Gasteiger partial charge in [0.1, 0.15) is 0 Å². The molecular weight excluding hydrogens is 400 g/mol. The van der Waals surface area contributed by atoms with Crippen molar-refractivity contribution in [1.82, 2.24) is 0 Å². The van der Waals surface area contributed by atoms with Gasteiger partial charge in [-0.2, -0.15) is 0 Å². The van der Waals surface area contributed by atoms with Crippen molar-refractivity contribution in [1.29, 1.82) is 0 Å². The topological polar surface area (TPSA) is 119 Å². The molecule has 1 amide bonds. The molecule has 0 saturated carbocycles. The Kier molecular flexibility index (Phi) is 8.99. The number of aromatic carboxylic acids is 1. The second-order valence-corrected chi connectivity index (χ2v) is 7.30. The van der Waals surface area contributed by atoms with Gasteiger partial charge in [0.05, 0.1) is 22.8 Å². The molecule has 2 aromatic rings. The van der Waals surface area contributed by atoms with Crippen molar-refractivity contribution in [3.8, 4) is 16.9 Å². The Bertz CT molecular complexity index is 924. The van der Waals surface area contributed by atoms with Crippen LogP contribution < -0.4 is 10.1 Å². The summed E-state index contributed by atoms with van der Waals surface area (Å²) in [5.74, 6) is -1.31. The Hall–Kier alpha value is -3.42. The van der Waals surface area contributed by atoms with Crippen LogP contribution in [0.1, 0.15) is 62.7 Å². The number of nitrogens with zero attached hydrogens (tertiary/aromatic N) is 1. The van der Waals surface area contributed by atoms with Gasteiger partial charge in [-0.3, -0.25) is 14.9 Å². The second-order valence-electron chi connectivity index (χ2n) is 7.30. The van der Waals surface area contributed by atoms with E-state index in [0.717, 1.165) is 19.3 Å². The minimum absolute atomic E-state index is 0.0909. The summed E-state index contributed by atoms with van der Waals surface area (Å²) in [4.78, 5) is 33.9. The third-order valence-corrected chi connectivity index (χ3v) is 4.80. The van der Waals surface area contributed by atoms with Crippen LogP contribution in [0.2, 0.25) is 0 Å². The molecule has 8 heteroatoms. The number of hydrogen-bond acceptors (Lipinski definition) is 5. The van der Waals surface area contributed by atoms with E-state index in [0.29, 0.717) is 23.4 Å². The summed E-state index contributed by atoms with van der Waals surface area (Å²) in [7, 11) is 0. The van der Waals surface area contributed by atoms with Gasteiger partial charge >= 0.3 is 11.7 Å². The zero-order valence-electron chi connectivity index (χ0n) is 17.8. The van der Waals surface area contributed by atoms with Crippen molar-refractivity contribution >= 4 is 23.3 Å². The summed E-state index contributed by atoms with van der Waals surface area (Å²) in [6.07, 6.45) is 6.40. The third-order valence-electron chi connectivity index (χ3n) is 4.80. The molecule has 0 aliphatic carbocycles. The standard InChI is InChI=1S/C23H28N2O6/c1-3-4-5-6-7-8-13-31-22-15-20(24-16(2)26)19(14-21(22)25(29)30)17-9-11-18(12-10-17)23(27)28/h9-12,14-15H,3-8,13H2,1-2H3,(H,24,26)(H,27,28). The number of nitro groups is 1. The first kappa shape index (κ1) is 23.9. The number of rotatable bonds is 12. The summed E-state index contributed by atoms with van der Waals surface area (Å²) in [5.41, 5.74) is 1.19. The quantitative estimate of drug-likeness (QED) is 0.256. The summed E-state index contributed by atoms with van der Waals surface area (Å²) < 4.78 is 5.70. The summed E-state index contributed by atoms with van der Waals surface area (Å²) in [6.45, 7) is 3.84. The van der Waals surface area contributed by atoms with Gasteiger partial charge in [-0.15, -0.1) is 0 Å². The van der Waals surface area contributed by atoms with Gasteiger partial charge in [-0.25, -0.2) is 4.79 Å². The van der Waals surface area contributed by atoms with E-state index in [1.54, 1.807) is 12.1 Å². The highest BCUT2D eigenvalue weighted by Crippen LogP contribution is 2.39. The number of nitro benzene ring substituents is 1. The average Bonchev–Trinajstić information content (AvgIpc) is 2.72. The minimum atomic E-state index is -1.07. The van der Waals surface area contributed by atoms with Crippen LogP contribution in [0.15, 0.2) is 36.4 Å². The van der Waals surface area contributed by atoms with Crippen molar-refractivity contribution < 1.29 is 24.4 Å². The number of carboxylic acids is 1. The Balaban J connectivity index is 2.29. The van der Waals surface area contributed by atoms with Crippen molar-refractivity contribution in [3.63, 3.8) is 0 Å². The normalized spacial score (nSPS) is 10.5. The smallest absolute Gasteiger partial charge is 0.335 e. The fourth-order valence-electron chi connectivity index (χ4n) is 3.22. The Morgan fingerprint density at radius 1 is 1.06 bits per heavy atom. The highest BCUT2D eigenvalue weighted by atomic mass is 16.6. The zero-order valence-corrected chi connectivity index (χ0v) is 17.8. The van der Waals surface area contributed by atoms with E-state index in [4.69, 9.17) is 9.84 Å². The van der Waals surface area contributed by atoms with Gasteiger partial charge in [0.15, 0.2) is 5.75 Å². The first-order valence-electron chi connectivity index (χ1n) is 10.4. The van der Waals surface area contributed by atoms with Crippen LogP contribution in [0.3, 0.4) is 0 Å². The summed E-state index contributed by atoms with van der Waals surface area (Å²) in [5, 5.41) is 23.4. The second kappa shape index (κ2) is 11.7. The van der Waals surface area contributed by atoms with Gasteiger partial charge < -0.3 is 15.2 Å². The van der Waals surface area contributed by atoms with E-state index >= 15 is 0 Å². The van der Waals surface area contributed by atoms with Gasteiger partial charge in [-0.1, -0.05) is 51.2 Å². The number of unbranched alkanes of at least 4 members (excludes halogenated alkanes) is 5. The van der Waals surface area contributed by atoms with Crippen LogP contribution in [-0.4, -0.2) is 28.5 Å². The number of carbonyl (C=O) groups is 2. The van der Waals surface area contributed by atoms with Crippen LogP contribution in [0.25, 0.3) is 11.1 Å². The largest absolute Gasteiger partial charge is 0.487 e. The molecule has 0 radical (unpaired) electrons. The number of benzene rings is 2. The van der Waals surface area contributed by atoms with E-state index in [9.17, 15) is 19.7 Å². The molecule has 8 nitrogen and oxygen atoms in total. The van der Waals surface area contributed by atoms with Gasteiger partial charge in [0.25, 0.3) is 0 Å². The molecule has 0 heterocycles. The molecule has 0 spiro atoms. The van der Waals surface area contributed by atoms with Crippen molar-refractivity contribution in [2.75, 3.05) is 11.9 Å². The molecule has 0 unspecified atom stereocenters.